The molecular weight excluding hydrogens is 368 g/mol. The number of halogens is 1. The first-order valence-corrected chi connectivity index (χ1v) is 8.71. The number of carboxylic acids is 1. The van der Waals surface area contributed by atoms with E-state index >= 15 is 0 Å². The zero-order chi connectivity index (χ0) is 18.4. The van der Waals surface area contributed by atoms with E-state index in [1.165, 1.54) is 0 Å². The first-order valence-electron chi connectivity index (χ1n) is 8.71. The van der Waals surface area contributed by atoms with E-state index in [4.69, 9.17) is 4.74 Å². The van der Waals surface area contributed by atoms with Gasteiger partial charge in [-0.05, 0) is 55.8 Å². The molecule has 6 nitrogen and oxygen atoms in total. The van der Waals surface area contributed by atoms with Gasteiger partial charge in [0.1, 0.15) is 17.5 Å². The third-order valence-electron chi connectivity index (χ3n) is 4.36. The summed E-state index contributed by atoms with van der Waals surface area (Å²) in [5.74, 6) is 0.347. The molecule has 1 saturated heterocycles. The fourth-order valence-electron chi connectivity index (χ4n) is 3.08. The lowest BCUT2D eigenvalue weighted by molar-refractivity contribution is -0.145. The van der Waals surface area contributed by atoms with E-state index in [0.717, 1.165) is 18.6 Å². The van der Waals surface area contributed by atoms with Gasteiger partial charge in [0.05, 0.1) is 6.54 Å². The van der Waals surface area contributed by atoms with E-state index < -0.39 is 12.0 Å². The number of ether oxygens (including phenoxy) is 1. The summed E-state index contributed by atoms with van der Waals surface area (Å²) in [5, 5.41) is 12.1. The van der Waals surface area contributed by atoms with Gasteiger partial charge in [0.15, 0.2) is 0 Å². The van der Waals surface area contributed by atoms with Crippen LogP contribution in [-0.4, -0.2) is 41.0 Å². The maximum atomic E-state index is 12.2. The number of amides is 1. The number of carboxylic acid groups (broad SMARTS) is 1. The number of para-hydroxylation sites is 1. The van der Waals surface area contributed by atoms with Gasteiger partial charge in [-0.15, -0.1) is 12.4 Å². The summed E-state index contributed by atoms with van der Waals surface area (Å²) in [5.41, 5.74) is 0.652. The quantitative estimate of drug-likeness (QED) is 0.784. The average Bonchev–Trinajstić information content (AvgIpc) is 2.64. The molecule has 27 heavy (non-hydrogen) atoms. The fourth-order valence-corrected chi connectivity index (χ4v) is 3.08. The highest BCUT2D eigenvalue weighted by Crippen LogP contribution is 2.23. The highest BCUT2D eigenvalue weighted by Gasteiger charge is 2.29. The Hall–Kier alpha value is -2.57. The molecule has 0 spiro atoms. The minimum absolute atomic E-state index is 0. The number of benzene rings is 2. The van der Waals surface area contributed by atoms with Crippen molar-refractivity contribution in [2.45, 2.75) is 25.3 Å². The number of carbonyl (C=O) groups excluding carboxylic acids is 1. The third kappa shape index (κ3) is 5.98. The van der Waals surface area contributed by atoms with E-state index in [1.807, 2.05) is 30.3 Å². The normalized spacial score (nSPS) is 16.8. The Morgan fingerprint density at radius 3 is 2.37 bits per heavy atom. The molecule has 0 saturated carbocycles. The molecule has 1 fully saturated rings. The van der Waals surface area contributed by atoms with Crippen molar-refractivity contribution in [2.24, 2.45) is 0 Å². The van der Waals surface area contributed by atoms with E-state index in [9.17, 15) is 14.7 Å². The van der Waals surface area contributed by atoms with Crippen LogP contribution in [0, 0.1) is 0 Å². The van der Waals surface area contributed by atoms with Gasteiger partial charge in [0, 0.05) is 5.69 Å². The number of hydrogen-bond acceptors (Lipinski definition) is 4. The van der Waals surface area contributed by atoms with Crippen molar-refractivity contribution < 1.29 is 19.4 Å². The number of nitrogens with one attached hydrogen (secondary N) is 1. The van der Waals surface area contributed by atoms with Gasteiger partial charge in [-0.25, -0.2) is 0 Å². The standard InChI is InChI=1S/C20H22N2O4.ClH/c23-19(14-22-13-5-4-8-18(22)20(24)25)21-15-9-11-17(12-10-15)26-16-6-2-1-3-7-16;/h1-3,6-7,9-12,18H,4-5,8,13-14H2,(H,21,23)(H,24,25);1H. The van der Waals surface area contributed by atoms with Crippen LogP contribution in [0.25, 0.3) is 0 Å². The molecule has 2 N–H and O–H groups in total. The summed E-state index contributed by atoms with van der Waals surface area (Å²) >= 11 is 0. The van der Waals surface area contributed by atoms with Crippen LogP contribution in [0.2, 0.25) is 0 Å². The lowest BCUT2D eigenvalue weighted by Crippen LogP contribution is -2.47. The van der Waals surface area contributed by atoms with E-state index in [2.05, 4.69) is 5.32 Å². The second kappa shape index (κ2) is 9.94. The molecule has 2 aromatic rings. The number of rotatable bonds is 6. The Bertz CT molecular complexity index is 752. The zero-order valence-electron chi connectivity index (χ0n) is 14.8. The van der Waals surface area contributed by atoms with Gasteiger partial charge in [-0.1, -0.05) is 24.6 Å². The average molecular weight is 391 g/mol. The van der Waals surface area contributed by atoms with Crippen molar-refractivity contribution in [2.75, 3.05) is 18.4 Å². The van der Waals surface area contributed by atoms with Gasteiger partial charge in [-0.3, -0.25) is 14.5 Å². The molecule has 3 rings (SSSR count). The van der Waals surface area contributed by atoms with Crippen LogP contribution in [-0.2, 0) is 9.59 Å². The lowest BCUT2D eigenvalue weighted by atomic mass is 10.0. The zero-order valence-corrected chi connectivity index (χ0v) is 15.7. The number of carbonyl (C=O) groups is 2. The molecular formula is C20H23ClN2O4. The summed E-state index contributed by atoms with van der Waals surface area (Å²) < 4.78 is 5.71. The second-order valence-electron chi connectivity index (χ2n) is 6.31. The monoisotopic (exact) mass is 390 g/mol. The van der Waals surface area contributed by atoms with Crippen molar-refractivity contribution in [3.8, 4) is 11.5 Å². The maximum absolute atomic E-state index is 12.2. The summed E-state index contributed by atoms with van der Waals surface area (Å²) in [4.78, 5) is 25.3. The largest absolute Gasteiger partial charge is 0.480 e. The molecule has 0 radical (unpaired) electrons. The number of hydrogen-bond donors (Lipinski definition) is 2. The van der Waals surface area contributed by atoms with Crippen LogP contribution < -0.4 is 10.1 Å². The van der Waals surface area contributed by atoms with Crippen LogP contribution >= 0.6 is 12.4 Å². The summed E-state index contributed by atoms with van der Waals surface area (Å²) in [6.45, 7) is 0.716. The van der Waals surface area contributed by atoms with Crippen LogP contribution in [0.1, 0.15) is 19.3 Å². The molecule has 1 heterocycles. The number of anilines is 1. The van der Waals surface area contributed by atoms with Crippen LogP contribution in [0.5, 0.6) is 11.5 Å². The maximum Gasteiger partial charge on any atom is 0.320 e. The van der Waals surface area contributed by atoms with Gasteiger partial charge in [0.25, 0.3) is 0 Å². The van der Waals surface area contributed by atoms with Crippen molar-refractivity contribution >= 4 is 30.0 Å². The Kier molecular flexibility index (Phi) is 7.64. The summed E-state index contributed by atoms with van der Waals surface area (Å²) in [6, 6.07) is 16.0. The third-order valence-corrected chi connectivity index (χ3v) is 4.36. The molecule has 0 aliphatic carbocycles. The fraction of sp³-hybridized carbons (Fsp3) is 0.300. The molecule has 1 aliphatic heterocycles. The topological polar surface area (TPSA) is 78.9 Å². The van der Waals surface area contributed by atoms with Crippen LogP contribution in [0.15, 0.2) is 54.6 Å². The Morgan fingerprint density at radius 1 is 1.04 bits per heavy atom. The van der Waals surface area contributed by atoms with Gasteiger partial charge >= 0.3 is 5.97 Å². The molecule has 1 atom stereocenters. The lowest BCUT2D eigenvalue weighted by Gasteiger charge is -2.32. The van der Waals surface area contributed by atoms with Crippen molar-refractivity contribution in [1.82, 2.24) is 4.90 Å². The summed E-state index contributed by atoms with van der Waals surface area (Å²) in [6.07, 6.45) is 2.40. The molecule has 144 valence electrons. The van der Waals surface area contributed by atoms with Gasteiger partial charge < -0.3 is 15.2 Å². The SMILES string of the molecule is Cl.O=C(CN1CCCCC1C(=O)O)Nc1ccc(Oc2ccccc2)cc1. The molecule has 1 unspecified atom stereocenters. The minimum atomic E-state index is -0.861. The predicted octanol–water partition coefficient (Wildman–Crippen LogP) is 3.78. The first kappa shape index (κ1) is 20.7. The van der Waals surface area contributed by atoms with Crippen molar-refractivity contribution in [1.29, 1.82) is 0 Å². The number of likely N-dealkylation sites (tertiary alicyclic amines) is 1. The molecule has 7 heteroatoms. The molecule has 0 aromatic heterocycles. The Morgan fingerprint density at radius 2 is 1.70 bits per heavy atom. The highest BCUT2D eigenvalue weighted by atomic mass is 35.5. The molecule has 0 bridgehead atoms. The molecule has 1 amide bonds. The Balaban J connectivity index is 0.00000261. The van der Waals surface area contributed by atoms with Crippen molar-refractivity contribution in [3.05, 3.63) is 54.6 Å². The van der Waals surface area contributed by atoms with Gasteiger partial charge in [0.2, 0.25) is 5.91 Å². The first-order chi connectivity index (χ1) is 12.6. The number of aliphatic carboxylic acids is 1. The van der Waals surface area contributed by atoms with E-state index in [0.29, 0.717) is 24.4 Å². The molecule has 1 aliphatic rings. The number of nitrogens with zero attached hydrogens (tertiary/aromatic N) is 1. The van der Waals surface area contributed by atoms with Crippen LogP contribution in [0.4, 0.5) is 5.69 Å². The highest BCUT2D eigenvalue weighted by molar-refractivity contribution is 5.92. The van der Waals surface area contributed by atoms with E-state index in [-0.39, 0.29) is 24.9 Å². The van der Waals surface area contributed by atoms with E-state index in [1.54, 1.807) is 29.2 Å². The predicted molar refractivity (Wildman–Crippen MR) is 106 cm³/mol. The van der Waals surface area contributed by atoms with Gasteiger partial charge in [-0.2, -0.15) is 0 Å². The van der Waals surface area contributed by atoms with Crippen molar-refractivity contribution in [3.63, 3.8) is 0 Å². The summed E-state index contributed by atoms with van der Waals surface area (Å²) in [7, 11) is 0. The smallest absolute Gasteiger partial charge is 0.320 e. The molecule has 2 aromatic carbocycles. The van der Waals surface area contributed by atoms with Crippen LogP contribution in [0.3, 0.4) is 0 Å². The minimum Gasteiger partial charge on any atom is -0.480 e. The Labute approximate surface area is 164 Å². The number of piperidine rings is 1. The second-order valence-corrected chi connectivity index (χ2v) is 6.31.